The summed E-state index contributed by atoms with van der Waals surface area (Å²) in [5, 5.41) is 6.85. The molecule has 19 heavy (non-hydrogen) atoms. The number of nitrogens with zero attached hydrogens (tertiary/aromatic N) is 2. The molecule has 0 aliphatic rings. The summed E-state index contributed by atoms with van der Waals surface area (Å²) in [4.78, 5) is 9.18. The predicted octanol–water partition coefficient (Wildman–Crippen LogP) is 3.63. The van der Waals surface area contributed by atoms with Crippen molar-refractivity contribution in [3.63, 3.8) is 0 Å². The molecule has 4 heteroatoms. The number of rotatable bonds is 8. The first-order valence-electron chi connectivity index (χ1n) is 7.47. The van der Waals surface area contributed by atoms with Crippen molar-refractivity contribution >= 4 is 11.6 Å². The second-order valence-electron chi connectivity index (χ2n) is 5.14. The van der Waals surface area contributed by atoms with E-state index in [0.717, 1.165) is 49.0 Å². The van der Waals surface area contributed by atoms with E-state index in [1.807, 2.05) is 0 Å². The van der Waals surface area contributed by atoms with Gasteiger partial charge in [0.1, 0.15) is 17.5 Å². The third-order valence-corrected chi connectivity index (χ3v) is 3.37. The van der Waals surface area contributed by atoms with E-state index >= 15 is 0 Å². The summed E-state index contributed by atoms with van der Waals surface area (Å²) in [6, 6.07) is 0. The van der Waals surface area contributed by atoms with Gasteiger partial charge in [0.05, 0.1) is 0 Å². The zero-order valence-corrected chi connectivity index (χ0v) is 13.0. The maximum absolute atomic E-state index is 4.60. The minimum Gasteiger partial charge on any atom is -0.370 e. The predicted molar refractivity (Wildman–Crippen MR) is 82.9 cm³/mol. The molecular weight excluding hydrogens is 236 g/mol. The Morgan fingerprint density at radius 1 is 1.05 bits per heavy atom. The Labute approximate surface area is 117 Å². The largest absolute Gasteiger partial charge is 0.370 e. The van der Waals surface area contributed by atoms with Crippen LogP contribution in [0.25, 0.3) is 0 Å². The lowest BCUT2D eigenvalue weighted by molar-refractivity contribution is 0.592. The van der Waals surface area contributed by atoms with Crippen LogP contribution in [0, 0.1) is 12.8 Å². The molecule has 0 amide bonds. The summed E-state index contributed by atoms with van der Waals surface area (Å²) in [5.41, 5.74) is 1.12. The van der Waals surface area contributed by atoms with E-state index in [-0.39, 0.29) is 0 Å². The van der Waals surface area contributed by atoms with Gasteiger partial charge in [0.2, 0.25) is 0 Å². The lowest BCUT2D eigenvalue weighted by Gasteiger charge is -2.16. The van der Waals surface area contributed by atoms with Crippen molar-refractivity contribution in [3.05, 3.63) is 11.4 Å². The first-order valence-corrected chi connectivity index (χ1v) is 7.47. The van der Waals surface area contributed by atoms with Crippen molar-refractivity contribution < 1.29 is 0 Å². The highest BCUT2D eigenvalue weighted by molar-refractivity contribution is 5.57. The molecule has 108 valence electrons. The van der Waals surface area contributed by atoms with Crippen LogP contribution in [0.3, 0.4) is 0 Å². The van der Waals surface area contributed by atoms with E-state index in [0.29, 0.717) is 5.92 Å². The van der Waals surface area contributed by atoms with E-state index in [2.05, 4.69) is 55.2 Å². The Morgan fingerprint density at radius 2 is 1.68 bits per heavy atom. The monoisotopic (exact) mass is 264 g/mol. The molecule has 0 bridgehead atoms. The maximum atomic E-state index is 4.60. The van der Waals surface area contributed by atoms with Gasteiger partial charge in [-0.15, -0.1) is 0 Å². The van der Waals surface area contributed by atoms with E-state index in [1.165, 1.54) is 6.42 Å². The quantitative estimate of drug-likeness (QED) is 0.753. The number of aryl methyl sites for hydroxylation is 1. The Bertz CT molecular complexity index is 390. The highest BCUT2D eigenvalue weighted by Gasteiger charge is 2.10. The van der Waals surface area contributed by atoms with Crippen molar-refractivity contribution in [2.24, 2.45) is 5.92 Å². The molecule has 1 atom stereocenters. The molecule has 0 saturated carbocycles. The first kappa shape index (κ1) is 15.7. The number of aromatic nitrogens is 2. The van der Waals surface area contributed by atoms with Crippen molar-refractivity contribution in [3.8, 4) is 0 Å². The molecule has 1 unspecified atom stereocenters. The molecule has 0 fully saturated rings. The van der Waals surface area contributed by atoms with Crippen molar-refractivity contribution in [2.75, 3.05) is 23.7 Å². The fraction of sp³-hybridized carbons (Fsp3) is 0.733. The SMILES string of the molecule is CCCNc1nc(CC)nc(NCC(C)CC)c1C. The second kappa shape index (κ2) is 7.97. The van der Waals surface area contributed by atoms with Crippen molar-refractivity contribution in [1.29, 1.82) is 0 Å². The van der Waals surface area contributed by atoms with Gasteiger partial charge in [-0.25, -0.2) is 9.97 Å². The number of hydrogen-bond donors (Lipinski definition) is 2. The van der Waals surface area contributed by atoms with E-state index < -0.39 is 0 Å². The zero-order valence-electron chi connectivity index (χ0n) is 13.0. The van der Waals surface area contributed by atoms with Crippen LogP contribution in [0.4, 0.5) is 11.6 Å². The molecule has 4 nitrogen and oxygen atoms in total. The number of anilines is 2. The molecule has 0 spiro atoms. The second-order valence-corrected chi connectivity index (χ2v) is 5.14. The summed E-state index contributed by atoms with van der Waals surface area (Å²) in [6.45, 7) is 12.7. The summed E-state index contributed by atoms with van der Waals surface area (Å²) < 4.78 is 0. The number of nitrogens with one attached hydrogen (secondary N) is 2. The molecule has 0 aromatic carbocycles. The molecule has 0 saturated heterocycles. The summed E-state index contributed by atoms with van der Waals surface area (Å²) >= 11 is 0. The van der Waals surface area contributed by atoms with Crippen LogP contribution in [0.1, 0.15) is 51.9 Å². The standard InChI is InChI=1S/C15H28N4/c1-6-9-16-14-12(5)15(17-10-11(4)7-2)19-13(8-3)18-14/h11H,6-10H2,1-5H3,(H2,16,17,18,19). The Hall–Kier alpha value is -1.32. The Kier molecular flexibility index (Phi) is 6.60. The fourth-order valence-corrected chi connectivity index (χ4v) is 1.72. The molecule has 0 aliphatic heterocycles. The molecule has 2 N–H and O–H groups in total. The van der Waals surface area contributed by atoms with Crippen LogP contribution in [0.2, 0.25) is 0 Å². The highest BCUT2D eigenvalue weighted by Crippen LogP contribution is 2.20. The minimum atomic E-state index is 0.659. The topological polar surface area (TPSA) is 49.8 Å². The third kappa shape index (κ3) is 4.69. The van der Waals surface area contributed by atoms with Crippen LogP contribution in [-0.2, 0) is 6.42 Å². The van der Waals surface area contributed by atoms with Crippen LogP contribution in [-0.4, -0.2) is 23.1 Å². The molecule has 0 aliphatic carbocycles. The van der Waals surface area contributed by atoms with E-state index in [4.69, 9.17) is 0 Å². The summed E-state index contributed by atoms with van der Waals surface area (Å²) in [7, 11) is 0. The zero-order chi connectivity index (χ0) is 14.3. The Morgan fingerprint density at radius 3 is 2.21 bits per heavy atom. The normalized spacial score (nSPS) is 12.3. The third-order valence-electron chi connectivity index (χ3n) is 3.37. The van der Waals surface area contributed by atoms with Gasteiger partial charge in [-0.3, -0.25) is 0 Å². The van der Waals surface area contributed by atoms with Gasteiger partial charge in [0.15, 0.2) is 0 Å². The molecule has 0 radical (unpaired) electrons. The summed E-state index contributed by atoms with van der Waals surface area (Å²) in [5.74, 6) is 3.51. The van der Waals surface area contributed by atoms with E-state index in [9.17, 15) is 0 Å². The number of hydrogen-bond acceptors (Lipinski definition) is 4. The molecule has 1 aromatic heterocycles. The van der Waals surface area contributed by atoms with Gasteiger partial charge in [-0.05, 0) is 19.3 Å². The van der Waals surface area contributed by atoms with Crippen LogP contribution in [0.5, 0.6) is 0 Å². The van der Waals surface area contributed by atoms with Gasteiger partial charge >= 0.3 is 0 Å². The molecule has 1 heterocycles. The van der Waals surface area contributed by atoms with Crippen LogP contribution in [0.15, 0.2) is 0 Å². The van der Waals surface area contributed by atoms with Crippen molar-refractivity contribution in [1.82, 2.24) is 9.97 Å². The lowest BCUT2D eigenvalue weighted by atomic mass is 10.1. The van der Waals surface area contributed by atoms with Gasteiger partial charge in [-0.2, -0.15) is 0 Å². The first-order chi connectivity index (χ1) is 9.12. The fourth-order valence-electron chi connectivity index (χ4n) is 1.72. The van der Waals surface area contributed by atoms with Gasteiger partial charge in [-0.1, -0.05) is 34.1 Å². The molecule has 1 aromatic rings. The maximum Gasteiger partial charge on any atom is 0.134 e. The highest BCUT2D eigenvalue weighted by atomic mass is 15.1. The van der Waals surface area contributed by atoms with Gasteiger partial charge < -0.3 is 10.6 Å². The Balaban J connectivity index is 2.88. The minimum absolute atomic E-state index is 0.659. The van der Waals surface area contributed by atoms with E-state index in [1.54, 1.807) is 0 Å². The average Bonchev–Trinajstić information content (AvgIpc) is 2.44. The van der Waals surface area contributed by atoms with Crippen LogP contribution >= 0.6 is 0 Å². The smallest absolute Gasteiger partial charge is 0.134 e. The average molecular weight is 264 g/mol. The van der Waals surface area contributed by atoms with Crippen LogP contribution < -0.4 is 10.6 Å². The van der Waals surface area contributed by atoms with Gasteiger partial charge in [0, 0.05) is 25.1 Å². The van der Waals surface area contributed by atoms with Gasteiger partial charge in [0.25, 0.3) is 0 Å². The molecule has 1 rings (SSSR count). The molecular formula is C15H28N4. The van der Waals surface area contributed by atoms with Crippen molar-refractivity contribution in [2.45, 2.75) is 53.9 Å². The lowest BCUT2D eigenvalue weighted by Crippen LogP contribution is -2.15. The summed E-state index contributed by atoms with van der Waals surface area (Å²) in [6.07, 6.45) is 3.14.